The summed E-state index contributed by atoms with van der Waals surface area (Å²) in [6, 6.07) is 8.14. The van der Waals surface area contributed by atoms with Crippen LogP contribution in [0.25, 0.3) is 10.9 Å². The van der Waals surface area contributed by atoms with Crippen LogP contribution < -0.4 is 0 Å². The van der Waals surface area contributed by atoms with Crippen LogP contribution in [0.5, 0.6) is 0 Å². The number of benzene rings is 1. The number of aromatic nitrogens is 2. The molecule has 0 aliphatic heterocycles. The topological polar surface area (TPSA) is 34.9 Å². The molecule has 0 saturated carbocycles. The van der Waals surface area contributed by atoms with Crippen LogP contribution in [0.4, 0.5) is 0 Å². The third kappa shape index (κ3) is 2.38. The molecule has 2 rings (SSSR count). The SMILES string of the molecule is CC(C)C(=O)CCc1nn(C)c2ccccc12. The molecule has 1 heterocycles. The third-order valence-electron chi connectivity index (χ3n) is 3.09. The first-order chi connectivity index (χ1) is 8.09. The van der Waals surface area contributed by atoms with E-state index in [0.717, 1.165) is 23.0 Å². The first-order valence-corrected chi connectivity index (χ1v) is 6.03. The summed E-state index contributed by atoms with van der Waals surface area (Å²) in [5, 5.41) is 5.64. The smallest absolute Gasteiger partial charge is 0.135 e. The second kappa shape index (κ2) is 4.70. The van der Waals surface area contributed by atoms with E-state index in [9.17, 15) is 4.79 Å². The van der Waals surface area contributed by atoms with Crippen LogP contribution in [-0.4, -0.2) is 15.6 Å². The molecule has 1 aromatic carbocycles. The van der Waals surface area contributed by atoms with Crippen LogP contribution in [0, 0.1) is 5.92 Å². The molecule has 0 radical (unpaired) electrons. The lowest BCUT2D eigenvalue weighted by Gasteiger charge is -2.02. The highest BCUT2D eigenvalue weighted by Crippen LogP contribution is 2.19. The standard InChI is InChI=1S/C14H18N2O/c1-10(2)14(17)9-8-12-11-6-4-5-7-13(11)16(3)15-12/h4-7,10H,8-9H2,1-3H3. The van der Waals surface area contributed by atoms with E-state index in [0.29, 0.717) is 12.2 Å². The highest BCUT2D eigenvalue weighted by Gasteiger charge is 2.11. The number of carbonyl (C=O) groups excluding carboxylic acids is 1. The quantitative estimate of drug-likeness (QED) is 0.809. The molecule has 0 fully saturated rings. The maximum absolute atomic E-state index is 11.6. The van der Waals surface area contributed by atoms with Crippen molar-refractivity contribution >= 4 is 16.7 Å². The van der Waals surface area contributed by atoms with Crippen molar-refractivity contribution in [2.45, 2.75) is 26.7 Å². The number of ketones is 1. The van der Waals surface area contributed by atoms with Gasteiger partial charge in [-0.1, -0.05) is 32.0 Å². The van der Waals surface area contributed by atoms with E-state index in [1.165, 1.54) is 0 Å². The second-order valence-electron chi connectivity index (χ2n) is 4.71. The maximum Gasteiger partial charge on any atom is 0.135 e. The van der Waals surface area contributed by atoms with Crippen molar-refractivity contribution in [2.24, 2.45) is 13.0 Å². The van der Waals surface area contributed by atoms with E-state index in [-0.39, 0.29) is 5.92 Å². The summed E-state index contributed by atoms with van der Waals surface area (Å²) in [5.41, 5.74) is 2.15. The van der Waals surface area contributed by atoms with Gasteiger partial charge in [-0.15, -0.1) is 0 Å². The Hall–Kier alpha value is -1.64. The number of hydrogen-bond donors (Lipinski definition) is 0. The number of nitrogens with zero attached hydrogens (tertiary/aromatic N) is 2. The van der Waals surface area contributed by atoms with E-state index >= 15 is 0 Å². The molecule has 17 heavy (non-hydrogen) atoms. The molecule has 0 N–H and O–H groups in total. The Morgan fingerprint density at radius 2 is 2.06 bits per heavy atom. The van der Waals surface area contributed by atoms with Gasteiger partial charge in [0.05, 0.1) is 11.2 Å². The molecule has 2 aromatic rings. The normalized spacial score (nSPS) is 11.3. The fourth-order valence-electron chi connectivity index (χ4n) is 2.00. The Kier molecular flexibility index (Phi) is 3.27. The largest absolute Gasteiger partial charge is 0.299 e. The molecular formula is C14H18N2O. The molecule has 0 aliphatic rings. The summed E-state index contributed by atoms with van der Waals surface area (Å²) in [4.78, 5) is 11.6. The first-order valence-electron chi connectivity index (χ1n) is 6.03. The minimum atomic E-state index is 0.116. The van der Waals surface area contributed by atoms with E-state index < -0.39 is 0 Å². The Bertz CT molecular complexity index is 540. The highest BCUT2D eigenvalue weighted by atomic mass is 16.1. The van der Waals surface area contributed by atoms with Crippen molar-refractivity contribution in [1.82, 2.24) is 9.78 Å². The Morgan fingerprint density at radius 3 is 2.76 bits per heavy atom. The zero-order valence-electron chi connectivity index (χ0n) is 10.6. The predicted molar refractivity (Wildman–Crippen MR) is 68.9 cm³/mol. The van der Waals surface area contributed by atoms with E-state index in [1.807, 2.05) is 37.7 Å². The Labute approximate surface area is 101 Å². The average Bonchev–Trinajstić information content (AvgIpc) is 2.64. The minimum Gasteiger partial charge on any atom is -0.299 e. The van der Waals surface area contributed by atoms with Crippen molar-refractivity contribution in [2.75, 3.05) is 0 Å². The van der Waals surface area contributed by atoms with Gasteiger partial charge in [-0.3, -0.25) is 9.48 Å². The number of hydrogen-bond acceptors (Lipinski definition) is 2. The predicted octanol–water partition coefficient (Wildman–Crippen LogP) is 2.73. The summed E-state index contributed by atoms with van der Waals surface area (Å²) in [7, 11) is 1.94. The second-order valence-corrected chi connectivity index (χ2v) is 4.71. The van der Waals surface area contributed by atoms with Gasteiger partial charge >= 0.3 is 0 Å². The molecule has 0 aliphatic carbocycles. The summed E-state index contributed by atoms with van der Waals surface area (Å²) in [6.07, 6.45) is 1.32. The lowest BCUT2D eigenvalue weighted by molar-refractivity contribution is -0.121. The molecule has 0 saturated heterocycles. The van der Waals surface area contributed by atoms with Gasteiger partial charge in [0, 0.05) is 24.8 Å². The third-order valence-corrected chi connectivity index (χ3v) is 3.09. The van der Waals surface area contributed by atoms with Gasteiger partial charge in [-0.2, -0.15) is 5.10 Å². The van der Waals surface area contributed by atoms with Gasteiger partial charge in [0.1, 0.15) is 5.78 Å². The van der Waals surface area contributed by atoms with Crippen molar-refractivity contribution in [3.05, 3.63) is 30.0 Å². The Balaban J connectivity index is 2.22. The number of carbonyl (C=O) groups is 1. The molecule has 3 nitrogen and oxygen atoms in total. The summed E-state index contributed by atoms with van der Waals surface area (Å²) in [5.74, 6) is 0.421. The fraction of sp³-hybridized carbons (Fsp3) is 0.429. The van der Waals surface area contributed by atoms with Crippen molar-refractivity contribution in [3.63, 3.8) is 0 Å². The van der Waals surface area contributed by atoms with Crippen LogP contribution in [0.1, 0.15) is 26.0 Å². The fourth-order valence-corrected chi connectivity index (χ4v) is 2.00. The monoisotopic (exact) mass is 230 g/mol. The average molecular weight is 230 g/mol. The van der Waals surface area contributed by atoms with Crippen molar-refractivity contribution in [3.8, 4) is 0 Å². The molecule has 0 spiro atoms. The molecule has 90 valence electrons. The molecule has 0 bridgehead atoms. The lowest BCUT2D eigenvalue weighted by Crippen LogP contribution is -2.08. The highest BCUT2D eigenvalue weighted by molar-refractivity contribution is 5.84. The number of para-hydroxylation sites is 1. The van der Waals surface area contributed by atoms with Crippen LogP contribution in [0.15, 0.2) is 24.3 Å². The minimum absolute atomic E-state index is 0.116. The van der Waals surface area contributed by atoms with E-state index in [1.54, 1.807) is 0 Å². The number of Topliss-reactive ketones (excluding diaryl/α,β-unsaturated/α-hetero) is 1. The summed E-state index contributed by atoms with van der Waals surface area (Å²) in [6.45, 7) is 3.89. The number of fused-ring (bicyclic) bond motifs is 1. The van der Waals surface area contributed by atoms with Gasteiger partial charge in [-0.25, -0.2) is 0 Å². The van der Waals surface area contributed by atoms with Crippen LogP contribution in [0.3, 0.4) is 0 Å². The number of rotatable bonds is 4. The van der Waals surface area contributed by atoms with Gasteiger partial charge in [0.25, 0.3) is 0 Å². The van der Waals surface area contributed by atoms with E-state index in [2.05, 4.69) is 17.2 Å². The molecule has 0 amide bonds. The molecule has 3 heteroatoms. The van der Waals surface area contributed by atoms with Crippen LogP contribution in [-0.2, 0) is 18.3 Å². The summed E-state index contributed by atoms with van der Waals surface area (Å²) >= 11 is 0. The molecule has 1 aromatic heterocycles. The Morgan fingerprint density at radius 1 is 1.35 bits per heavy atom. The lowest BCUT2D eigenvalue weighted by atomic mass is 10.0. The molecule has 0 atom stereocenters. The maximum atomic E-state index is 11.6. The van der Waals surface area contributed by atoms with Gasteiger partial charge in [0.2, 0.25) is 0 Å². The molecule has 0 unspecified atom stereocenters. The van der Waals surface area contributed by atoms with Gasteiger partial charge in [-0.05, 0) is 12.5 Å². The van der Waals surface area contributed by atoms with Crippen molar-refractivity contribution < 1.29 is 4.79 Å². The zero-order chi connectivity index (χ0) is 12.4. The van der Waals surface area contributed by atoms with Crippen LogP contribution >= 0.6 is 0 Å². The van der Waals surface area contributed by atoms with Crippen LogP contribution in [0.2, 0.25) is 0 Å². The van der Waals surface area contributed by atoms with Gasteiger partial charge in [0.15, 0.2) is 0 Å². The molecular weight excluding hydrogens is 212 g/mol. The van der Waals surface area contributed by atoms with Gasteiger partial charge < -0.3 is 0 Å². The van der Waals surface area contributed by atoms with Crippen molar-refractivity contribution in [1.29, 1.82) is 0 Å². The number of aryl methyl sites for hydroxylation is 2. The summed E-state index contributed by atoms with van der Waals surface area (Å²) < 4.78 is 1.88. The van der Waals surface area contributed by atoms with E-state index in [4.69, 9.17) is 0 Å². The first kappa shape index (κ1) is 11.8. The zero-order valence-corrected chi connectivity index (χ0v) is 10.6.